The molecule has 2 aromatic carbocycles. The first-order valence-corrected chi connectivity index (χ1v) is 10.5. The summed E-state index contributed by atoms with van der Waals surface area (Å²) in [5.74, 6) is 0.539. The number of methoxy groups -OCH3 is 1. The molecule has 4 nitrogen and oxygen atoms in total. The highest BCUT2D eigenvalue weighted by Gasteiger charge is 2.13. The summed E-state index contributed by atoms with van der Waals surface area (Å²) < 4.78 is 5.17. The van der Waals surface area contributed by atoms with Gasteiger partial charge in [-0.25, -0.2) is 4.98 Å². The minimum Gasteiger partial charge on any atom is -0.497 e. The molecule has 3 rings (SSSR count). The van der Waals surface area contributed by atoms with E-state index >= 15 is 0 Å². The lowest BCUT2D eigenvalue weighted by Gasteiger charge is -2.10. The molecule has 0 bridgehead atoms. The molecule has 1 heterocycles. The van der Waals surface area contributed by atoms with Crippen molar-refractivity contribution >= 4 is 34.5 Å². The quantitative estimate of drug-likeness (QED) is 0.508. The second-order valence-corrected chi connectivity index (χ2v) is 7.16. The number of nitrogens with one attached hydrogen (secondary N) is 1. The van der Waals surface area contributed by atoms with E-state index in [-0.39, 0.29) is 5.91 Å². The fourth-order valence-corrected chi connectivity index (χ4v) is 3.64. The van der Waals surface area contributed by atoms with Crippen molar-refractivity contribution in [3.05, 3.63) is 62.9 Å². The van der Waals surface area contributed by atoms with Gasteiger partial charge in [0.05, 0.1) is 22.8 Å². The van der Waals surface area contributed by atoms with Crippen molar-refractivity contribution < 1.29 is 9.53 Å². The number of aryl methyl sites for hydroxylation is 2. The molecule has 1 N–H and O–H groups in total. The predicted molar refractivity (Wildman–Crippen MR) is 119 cm³/mol. The third-order valence-corrected chi connectivity index (χ3v) is 5.34. The van der Waals surface area contributed by atoms with Crippen molar-refractivity contribution in [3.63, 3.8) is 0 Å². The van der Waals surface area contributed by atoms with E-state index in [1.165, 1.54) is 0 Å². The zero-order valence-corrected chi connectivity index (χ0v) is 18.4. The second-order valence-electron chi connectivity index (χ2n) is 5.81. The number of aromatic nitrogens is 1. The molecule has 28 heavy (non-hydrogen) atoms. The van der Waals surface area contributed by atoms with Gasteiger partial charge < -0.3 is 10.1 Å². The fourth-order valence-electron chi connectivity index (χ4n) is 2.61. The number of carbonyl (C=O) groups is 1. The van der Waals surface area contributed by atoms with Crippen LogP contribution >= 0.6 is 22.9 Å². The van der Waals surface area contributed by atoms with Crippen LogP contribution in [0.1, 0.15) is 41.7 Å². The van der Waals surface area contributed by atoms with Gasteiger partial charge in [-0.15, -0.1) is 11.3 Å². The highest BCUT2D eigenvalue weighted by atomic mass is 35.5. The highest BCUT2D eigenvalue weighted by Crippen LogP contribution is 2.31. The molecule has 0 radical (unpaired) electrons. The van der Waals surface area contributed by atoms with Gasteiger partial charge in [0, 0.05) is 22.2 Å². The van der Waals surface area contributed by atoms with Gasteiger partial charge in [-0.05, 0) is 55.3 Å². The maximum Gasteiger partial charge on any atom is 0.255 e. The van der Waals surface area contributed by atoms with E-state index in [1.54, 1.807) is 36.6 Å². The van der Waals surface area contributed by atoms with Crippen LogP contribution in [0.2, 0.25) is 5.02 Å². The minimum atomic E-state index is -0.184. The molecule has 0 saturated carbocycles. The number of halogens is 1. The maximum atomic E-state index is 12.5. The molecule has 3 aromatic rings. The number of rotatable bonds is 5. The Bertz CT molecular complexity index is 953. The van der Waals surface area contributed by atoms with Gasteiger partial charge in [0.1, 0.15) is 5.75 Å². The van der Waals surface area contributed by atoms with Crippen LogP contribution in [0.5, 0.6) is 5.75 Å². The SMILES string of the molecule is CC.CCc1nc(-c2ccc(NC(=O)c3ccc(OC)cc3C)cc2Cl)cs1. The van der Waals surface area contributed by atoms with Crippen LogP contribution in [0.4, 0.5) is 5.69 Å². The first-order valence-electron chi connectivity index (χ1n) is 9.22. The largest absolute Gasteiger partial charge is 0.497 e. The van der Waals surface area contributed by atoms with Crippen LogP contribution in [-0.2, 0) is 6.42 Å². The second kappa shape index (κ2) is 10.2. The lowest BCUT2D eigenvalue weighted by Crippen LogP contribution is -2.13. The lowest BCUT2D eigenvalue weighted by atomic mass is 10.1. The molecule has 0 aliphatic rings. The maximum absolute atomic E-state index is 12.5. The van der Waals surface area contributed by atoms with Crippen LogP contribution in [0.25, 0.3) is 11.3 Å². The smallest absolute Gasteiger partial charge is 0.255 e. The van der Waals surface area contributed by atoms with Gasteiger partial charge >= 0.3 is 0 Å². The molecule has 148 valence electrons. The topological polar surface area (TPSA) is 51.2 Å². The van der Waals surface area contributed by atoms with E-state index in [4.69, 9.17) is 16.3 Å². The molecule has 0 unspecified atom stereocenters. The molecule has 6 heteroatoms. The van der Waals surface area contributed by atoms with Crippen LogP contribution in [-0.4, -0.2) is 18.0 Å². The van der Waals surface area contributed by atoms with E-state index in [0.29, 0.717) is 16.3 Å². The van der Waals surface area contributed by atoms with Gasteiger partial charge in [-0.3, -0.25) is 4.79 Å². The summed E-state index contributed by atoms with van der Waals surface area (Å²) in [6.07, 6.45) is 0.900. The van der Waals surface area contributed by atoms with Crippen molar-refractivity contribution in [2.45, 2.75) is 34.1 Å². The summed E-state index contributed by atoms with van der Waals surface area (Å²) >= 11 is 8.03. The number of thiazole rings is 1. The molecular weight excluding hydrogens is 392 g/mol. The Kier molecular flexibility index (Phi) is 8.03. The number of ether oxygens (including phenoxy) is 1. The van der Waals surface area contributed by atoms with Gasteiger partial charge in [-0.2, -0.15) is 0 Å². The summed E-state index contributed by atoms with van der Waals surface area (Å²) in [4.78, 5) is 17.1. The van der Waals surface area contributed by atoms with Crippen molar-refractivity contribution in [1.82, 2.24) is 4.98 Å². The summed E-state index contributed by atoms with van der Waals surface area (Å²) in [6.45, 7) is 7.95. The van der Waals surface area contributed by atoms with Crippen molar-refractivity contribution in [2.75, 3.05) is 12.4 Å². The Hall–Kier alpha value is -2.37. The number of carbonyl (C=O) groups excluding carboxylic acids is 1. The number of hydrogen-bond acceptors (Lipinski definition) is 4. The molecule has 0 aliphatic carbocycles. The van der Waals surface area contributed by atoms with Crippen LogP contribution in [0.3, 0.4) is 0 Å². The van der Waals surface area contributed by atoms with E-state index in [2.05, 4.69) is 17.2 Å². The predicted octanol–water partition coefficient (Wildman–Crippen LogP) is 6.62. The van der Waals surface area contributed by atoms with Crippen molar-refractivity contribution in [2.24, 2.45) is 0 Å². The van der Waals surface area contributed by atoms with Crippen molar-refractivity contribution in [1.29, 1.82) is 0 Å². The highest BCUT2D eigenvalue weighted by molar-refractivity contribution is 7.09. The summed E-state index contributed by atoms with van der Waals surface area (Å²) in [6, 6.07) is 10.8. The number of amides is 1. The zero-order chi connectivity index (χ0) is 20.7. The summed E-state index contributed by atoms with van der Waals surface area (Å²) in [5.41, 5.74) is 3.81. The van der Waals surface area contributed by atoms with Crippen LogP contribution < -0.4 is 10.1 Å². The van der Waals surface area contributed by atoms with E-state index in [0.717, 1.165) is 34.0 Å². The molecule has 1 aromatic heterocycles. The minimum absolute atomic E-state index is 0.184. The molecule has 0 saturated heterocycles. The average molecular weight is 417 g/mol. The third kappa shape index (κ3) is 5.12. The Morgan fingerprint density at radius 2 is 1.96 bits per heavy atom. The van der Waals surface area contributed by atoms with E-state index < -0.39 is 0 Å². The number of benzene rings is 2. The van der Waals surface area contributed by atoms with Gasteiger partial charge in [-0.1, -0.05) is 32.4 Å². The van der Waals surface area contributed by atoms with E-state index in [1.807, 2.05) is 44.4 Å². The lowest BCUT2D eigenvalue weighted by molar-refractivity contribution is 0.102. The van der Waals surface area contributed by atoms with Gasteiger partial charge in [0.25, 0.3) is 5.91 Å². The Morgan fingerprint density at radius 3 is 2.54 bits per heavy atom. The van der Waals surface area contributed by atoms with Gasteiger partial charge in [0.2, 0.25) is 0 Å². The molecule has 0 spiro atoms. The number of anilines is 1. The van der Waals surface area contributed by atoms with E-state index in [9.17, 15) is 4.79 Å². The Morgan fingerprint density at radius 1 is 1.21 bits per heavy atom. The molecular formula is C22H25ClN2O2S. The van der Waals surface area contributed by atoms with Gasteiger partial charge in [0.15, 0.2) is 0 Å². The Balaban J connectivity index is 0.00000136. The standard InChI is InChI=1S/C20H19ClN2O2S.C2H6/c1-4-19-23-18(11-26-19)16-7-5-13(10-17(16)21)22-20(24)15-8-6-14(25-3)9-12(15)2;1-2/h5-11H,4H2,1-3H3,(H,22,24);1-2H3. The molecule has 0 atom stereocenters. The van der Waals surface area contributed by atoms with Crippen molar-refractivity contribution in [3.8, 4) is 17.0 Å². The van der Waals surface area contributed by atoms with Crippen LogP contribution in [0.15, 0.2) is 41.8 Å². The Labute approximate surface area is 175 Å². The number of hydrogen-bond donors (Lipinski definition) is 1. The first kappa shape index (κ1) is 21.9. The first-order chi connectivity index (χ1) is 13.5. The molecule has 0 fully saturated rings. The zero-order valence-electron chi connectivity index (χ0n) is 16.8. The monoisotopic (exact) mass is 416 g/mol. The fraction of sp³-hybridized carbons (Fsp3) is 0.273. The number of nitrogens with zero attached hydrogens (tertiary/aromatic N) is 1. The third-order valence-electron chi connectivity index (χ3n) is 4.04. The molecule has 1 amide bonds. The summed E-state index contributed by atoms with van der Waals surface area (Å²) in [7, 11) is 1.60. The molecule has 0 aliphatic heterocycles. The average Bonchev–Trinajstić information content (AvgIpc) is 3.18. The normalized spacial score (nSPS) is 10.1. The summed E-state index contributed by atoms with van der Waals surface area (Å²) in [5, 5.41) is 6.52. The van der Waals surface area contributed by atoms with Crippen LogP contribution in [0, 0.1) is 6.92 Å².